The number of pyridine rings is 1. The summed E-state index contributed by atoms with van der Waals surface area (Å²) in [5.41, 5.74) is 8.50. The van der Waals surface area contributed by atoms with Crippen molar-refractivity contribution in [3.8, 4) is 0 Å². The first-order valence-electron chi connectivity index (χ1n) is 7.01. The maximum atomic E-state index is 12.0. The van der Waals surface area contributed by atoms with Crippen LogP contribution in [0.25, 0.3) is 0 Å². The van der Waals surface area contributed by atoms with Gasteiger partial charge in [0.2, 0.25) is 5.91 Å². The number of carbonyl (C=O) groups is 1. The Kier molecular flexibility index (Phi) is 6.08. The van der Waals surface area contributed by atoms with Crippen molar-refractivity contribution < 1.29 is 4.79 Å². The molecule has 6 heteroatoms. The number of hydrogen-bond acceptors (Lipinski definition) is 4. The van der Waals surface area contributed by atoms with Gasteiger partial charge in [-0.2, -0.15) is 0 Å². The minimum absolute atomic E-state index is 0.0262. The number of amides is 1. The van der Waals surface area contributed by atoms with Crippen LogP contribution in [-0.2, 0) is 4.79 Å². The maximum Gasteiger partial charge on any atom is 0.241 e. The lowest BCUT2D eigenvalue weighted by molar-refractivity contribution is -0.127. The lowest BCUT2D eigenvalue weighted by Gasteiger charge is -2.27. The number of carbonyl (C=O) groups excluding carboxylic acids is 1. The Bertz CT molecular complexity index is 543. The van der Waals surface area contributed by atoms with Crippen molar-refractivity contribution in [2.75, 3.05) is 32.1 Å². The van der Waals surface area contributed by atoms with E-state index in [1.807, 2.05) is 24.8 Å². The van der Waals surface area contributed by atoms with Crippen LogP contribution in [0.3, 0.4) is 0 Å². The summed E-state index contributed by atoms with van der Waals surface area (Å²) in [6.07, 6.45) is 0.909. The highest BCUT2D eigenvalue weighted by molar-refractivity contribution is 7.80. The number of anilines is 1. The van der Waals surface area contributed by atoms with Gasteiger partial charge in [-0.25, -0.2) is 4.98 Å². The Morgan fingerprint density at radius 2 is 2.00 bits per heavy atom. The van der Waals surface area contributed by atoms with Crippen molar-refractivity contribution in [2.45, 2.75) is 27.2 Å². The summed E-state index contributed by atoms with van der Waals surface area (Å²) in [5, 5.41) is 0. The van der Waals surface area contributed by atoms with E-state index in [4.69, 9.17) is 18.0 Å². The van der Waals surface area contributed by atoms with Crippen LogP contribution < -0.4 is 10.6 Å². The molecular formula is C15H24N4OS. The van der Waals surface area contributed by atoms with Crippen molar-refractivity contribution in [3.05, 3.63) is 22.9 Å². The number of aromatic nitrogens is 1. The van der Waals surface area contributed by atoms with Crippen LogP contribution in [-0.4, -0.2) is 48.0 Å². The number of rotatable bonds is 6. The van der Waals surface area contributed by atoms with Crippen molar-refractivity contribution >= 4 is 28.9 Å². The minimum atomic E-state index is 0.0262. The quantitative estimate of drug-likeness (QED) is 0.810. The van der Waals surface area contributed by atoms with E-state index in [1.54, 1.807) is 19.0 Å². The summed E-state index contributed by atoms with van der Waals surface area (Å²) in [6, 6.07) is 1.95. The molecule has 0 aromatic carbocycles. The highest BCUT2D eigenvalue weighted by Gasteiger charge is 2.20. The second-order valence-corrected chi connectivity index (χ2v) is 5.79. The van der Waals surface area contributed by atoms with Gasteiger partial charge in [0.25, 0.3) is 0 Å². The van der Waals surface area contributed by atoms with Crippen LogP contribution in [0.2, 0.25) is 0 Å². The van der Waals surface area contributed by atoms with Gasteiger partial charge in [-0.1, -0.05) is 19.1 Å². The van der Waals surface area contributed by atoms with Crippen LogP contribution >= 0.6 is 12.2 Å². The van der Waals surface area contributed by atoms with Gasteiger partial charge in [-0.05, 0) is 31.9 Å². The van der Waals surface area contributed by atoms with Crippen molar-refractivity contribution in [1.82, 2.24) is 9.88 Å². The molecule has 1 rings (SSSR count). The monoisotopic (exact) mass is 308 g/mol. The van der Waals surface area contributed by atoms with E-state index in [0.29, 0.717) is 10.8 Å². The molecule has 0 aliphatic rings. The minimum Gasteiger partial charge on any atom is -0.389 e. The maximum absolute atomic E-state index is 12.0. The van der Waals surface area contributed by atoms with Crippen LogP contribution in [0, 0.1) is 13.8 Å². The third kappa shape index (κ3) is 4.39. The van der Waals surface area contributed by atoms with Gasteiger partial charge in [0.15, 0.2) is 0 Å². The first-order valence-corrected chi connectivity index (χ1v) is 7.41. The first kappa shape index (κ1) is 17.4. The Balaban J connectivity index is 3.30. The molecular weight excluding hydrogens is 284 g/mol. The fourth-order valence-corrected chi connectivity index (χ4v) is 2.44. The fourth-order valence-electron chi connectivity index (χ4n) is 2.18. The third-order valence-corrected chi connectivity index (χ3v) is 3.39. The van der Waals surface area contributed by atoms with E-state index in [0.717, 1.165) is 29.8 Å². The number of aryl methyl sites for hydroxylation is 2. The van der Waals surface area contributed by atoms with Crippen LogP contribution in [0.4, 0.5) is 5.82 Å². The predicted molar refractivity (Wildman–Crippen MR) is 90.8 cm³/mol. The summed E-state index contributed by atoms with van der Waals surface area (Å²) in [4.78, 5) is 20.5. The molecule has 1 heterocycles. The summed E-state index contributed by atoms with van der Waals surface area (Å²) in [6.45, 7) is 6.95. The standard InChI is InChI=1S/C15H24N4OS/c1-6-7-19(9-12(20)18(4)5)15-13(14(16)21)10(2)8-11(3)17-15/h8H,6-7,9H2,1-5H3,(H2,16,21). The molecule has 21 heavy (non-hydrogen) atoms. The Labute approximate surface area is 132 Å². The molecule has 1 amide bonds. The molecule has 0 unspecified atom stereocenters. The number of nitrogens with zero attached hydrogens (tertiary/aromatic N) is 3. The Hall–Kier alpha value is -1.69. The summed E-state index contributed by atoms with van der Waals surface area (Å²) < 4.78 is 0. The molecule has 0 bridgehead atoms. The number of nitrogens with two attached hydrogens (primary N) is 1. The van der Waals surface area contributed by atoms with Crippen LogP contribution in [0.1, 0.15) is 30.2 Å². The van der Waals surface area contributed by atoms with E-state index in [2.05, 4.69) is 11.9 Å². The normalized spacial score (nSPS) is 10.3. The molecule has 0 radical (unpaired) electrons. The van der Waals surface area contributed by atoms with Gasteiger partial charge in [-0.15, -0.1) is 0 Å². The van der Waals surface area contributed by atoms with Gasteiger partial charge < -0.3 is 15.5 Å². The largest absolute Gasteiger partial charge is 0.389 e. The highest BCUT2D eigenvalue weighted by atomic mass is 32.1. The molecule has 0 aliphatic carbocycles. The van der Waals surface area contributed by atoms with Gasteiger partial charge >= 0.3 is 0 Å². The average molecular weight is 308 g/mol. The first-order chi connectivity index (χ1) is 9.77. The van der Waals surface area contributed by atoms with E-state index in [1.165, 1.54) is 0 Å². The number of thiocarbonyl (C=S) groups is 1. The summed E-state index contributed by atoms with van der Waals surface area (Å²) in [7, 11) is 3.49. The average Bonchev–Trinajstić information content (AvgIpc) is 2.36. The zero-order valence-electron chi connectivity index (χ0n) is 13.4. The molecule has 0 aliphatic heterocycles. The van der Waals surface area contributed by atoms with Crippen molar-refractivity contribution in [1.29, 1.82) is 0 Å². The zero-order chi connectivity index (χ0) is 16.2. The SMILES string of the molecule is CCCN(CC(=O)N(C)C)c1nc(C)cc(C)c1C(N)=S. The van der Waals surface area contributed by atoms with Gasteiger partial charge in [0.1, 0.15) is 10.8 Å². The van der Waals surface area contributed by atoms with E-state index in [-0.39, 0.29) is 12.5 Å². The zero-order valence-corrected chi connectivity index (χ0v) is 14.3. The fraction of sp³-hybridized carbons (Fsp3) is 0.533. The number of likely N-dealkylation sites (N-methyl/N-ethyl adjacent to an activating group) is 1. The molecule has 0 atom stereocenters. The second kappa shape index (κ2) is 7.36. The van der Waals surface area contributed by atoms with Gasteiger partial charge in [0.05, 0.1) is 12.1 Å². The molecule has 0 saturated carbocycles. The summed E-state index contributed by atoms with van der Waals surface area (Å²) in [5.74, 6) is 0.732. The second-order valence-electron chi connectivity index (χ2n) is 5.35. The van der Waals surface area contributed by atoms with Gasteiger partial charge in [0, 0.05) is 26.3 Å². The topological polar surface area (TPSA) is 62.5 Å². The van der Waals surface area contributed by atoms with E-state index >= 15 is 0 Å². The highest BCUT2D eigenvalue weighted by Crippen LogP contribution is 2.23. The smallest absolute Gasteiger partial charge is 0.241 e. The number of hydrogen-bond donors (Lipinski definition) is 1. The van der Waals surface area contributed by atoms with E-state index in [9.17, 15) is 4.79 Å². The lowest BCUT2D eigenvalue weighted by atomic mass is 10.1. The van der Waals surface area contributed by atoms with E-state index < -0.39 is 0 Å². The molecule has 0 fully saturated rings. The molecule has 0 spiro atoms. The molecule has 1 aromatic rings. The van der Waals surface area contributed by atoms with Crippen molar-refractivity contribution in [3.63, 3.8) is 0 Å². The molecule has 1 aromatic heterocycles. The molecule has 2 N–H and O–H groups in total. The Morgan fingerprint density at radius 1 is 1.38 bits per heavy atom. The summed E-state index contributed by atoms with van der Waals surface area (Å²) >= 11 is 5.16. The Morgan fingerprint density at radius 3 is 2.48 bits per heavy atom. The molecule has 116 valence electrons. The predicted octanol–water partition coefficient (Wildman–Crippen LogP) is 1.64. The lowest BCUT2D eigenvalue weighted by Crippen LogP contribution is -2.38. The van der Waals surface area contributed by atoms with Crippen LogP contribution in [0.5, 0.6) is 0 Å². The van der Waals surface area contributed by atoms with Crippen molar-refractivity contribution in [2.24, 2.45) is 5.73 Å². The van der Waals surface area contributed by atoms with Gasteiger partial charge in [-0.3, -0.25) is 4.79 Å². The third-order valence-electron chi connectivity index (χ3n) is 3.19. The molecule has 5 nitrogen and oxygen atoms in total. The molecule has 0 saturated heterocycles. The van der Waals surface area contributed by atoms with Crippen LogP contribution in [0.15, 0.2) is 6.07 Å².